The van der Waals surface area contributed by atoms with Crippen molar-refractivity contribution < 1.29 is 19.8 Å². The quantitative estimate of drug-likeness (QED) is 0.347. The van der Waals surface area contributed by atoms with E-state index in [0.717, 1.165) is 5.69 Å². The van der Waals surface area contributed by atoms with Crippen LogP contribution in [0.5, 0.6) is 0 Å². The van der Waals surface area contributed by atoms with Crippen molar-refractivity contribution in [3.8, 4) is 0 Å². The summed E-state index contributed by atoms with van der Waals surface area (Å²) in [6.07, 6.45) is 8.20. The highest BCUT2D eigenvalue weighted by molar-refractivity contribution is 6.09. The second-order valence-electron chi connectivity index (χ2n) is 8.97. The first kappa shape index (κ1) is 26.0. The fourth-order valence-corrected chi connectivity index (χ4v) is 4.45. The number of nitrogens with one attached hydrogen (secondary N) is 1. The van der Waals surface area contributed by atoms with E-state index in [-0.39, 0.29) is 19.1 Å². The van der Waals surface area contributed by atoms with E-state index in [2.05, 4.69) is 22.2 Å². The van der Waals surface area contributed by atoms with E-state index >= 15 is 0 Å². The lowest BCUT2D eigenvalue weighted by atomic mass is 9.82. The molecular formula is C28H31N5O4. The maximum absolute atomic E-state index is 13.5. The van der Waals surface area contributed by atoms with E-state index in [4.69, 9.17) is 5.11 Å². The minimum Gasteiger partial charge on any atom is -0.396 e. The molecule has 9 heteroatoms. The molecule has 0 spiro atoms. The van der Waals surface area contributed by atoms with E-state index in [9.17, 15) is 14.7 Å². The van der Waals surface area contributed by atoms with Gasteiger partial charge in [-0.1, -0.05) is 48.6 Å². The van der Waals surface area contributed by atoms with Crippen molar-refractivity contribution in [1.82, 2.24) is 15.0 Å². The largest absolute Gasteiger partial charge is 0.396 e. The van der Waals surface area contributed by atoms with Gasteiger partial charge in [0.2, 0.25) is 0 Å². The molecule has 0 fully saturated rings. The summed E-state index contributed by atoms with van der Waals surface area (Å²) >= 11 is 0. The van der Waals surface area contributed by atoms with E-state index in [1.54, 1.807) is 66.3 Å². The number of aryl methyl sites for hydroxylation is 1. The molecule has 1 aliphatic rings. The van der Waals surface area contributed by atoms with Crippen molar-refractivity contribution in [2.75, 3.05) is 23.4 Å². The zero-order chi connectivity index (χ0) is 26.4. The van der Waals surface area contributed by atoms with Crippen LogP contribution in [-0.2, 0) is 23.4 Å². The number of anilines is 2. The molecule has 3 aromatic rings. The predicted molar refractivity (Wildman–Crippen MR) is 141 cm³/mol. The Morgan fingerprint density at radius 2 is 2.03 bits per heavy atom. The summed E-state index contributed by atoms with van der Waals surface area (Å²) < 4.78 is 1.69. The van der Waals surface area contributed by atoms with Gasteiger partial charge in [0.05, 0.1) is 11.4 Å². The third-order valence-electron chi connectivity index (χ3n) is 6.44. The normalized spacial score (nSPS) is 17.7. The molecule has 0 saturated heterocycles. The zero-order valence-corrected chi connectivity index (χ0v) is 20.7. The average molecular weight is 502 g/mol. The first-order valence-corrected chi connectivity index (χ1v) is 12.2. The van der Waals surface area contributed by atoms with E-state index in [1.165, 1.54) is 4.90 Å². The summed E-state index contributed by atoms with van der Waals surface area (Å²) in [4.78, 5) is 27.6. The molecule has 2 heterocycles. The van der Waals surface area contributed by atoms with Crippen LogP contribution in [-0.4, -0.2) is 50.2 Å². The standard InChI is InChI=1S/C28H31N5O4/c1-3-15-33-25-13-12-22(29-26(35)21-10-5-4-6-11-21)18-24(25)28(37,27(33)36)20(2)9-7-8-16-32-19-23(14-17-34)30-31-32/h3-7,9-13,18-20,34,37H,1,8,14-17H2,2H3,(H,29,35)/b9-7+/t20-,28+/m1/s1. The lowest BCUT2D eigenvalue weighted by molar-refractivity contribution is -0.139. The summed E-state index contributed by atoms with van der Waals surface area (Å²) in [5, 5.41) is 31.7. The van der Waals surface area contributed by atoms with Gasteiger partial charge >= 0.3 is 0 Å². The third kappa shape index (κ3) is 5.37. The van der Waals surface area contributed by atoms with Crippen LogP contribution in [0, 0.1) is 5.92 Å². The molecule has 0 bridgehead atoms. The highest BCUT2D eigenvalue weighted by atomic mass is 16.3. The number of nitrogens with zero attached hydrogens (tertiary/aromatic N) is 4. The second-order valence-corrected chi connectivity index (χ2v) is 8.97. The van der Waals surface area contributed by atoms with Gasteiger partial charge in [-0.3, -0.25) is 14.3 Å². The number of hydrogen-bond donors (Lipinski definition) is 3. The van der Waals surface area contributed by atoms with Crippen molar-refractivity contribution >= 4 is 23.2 Å². The van der Waals surface area contributed by atoms with Crippen molar-refractivity contribution in [2.24, 2.45) is 5.92 Å². The summed E-state index contributed by atoms with van der Waals surface area (Å²) in [6, 6.07) is 14.0. The van der Waals surface area contributed by atoms with E-state index < -0.39 is 17.4 Å². The van der Waals surface area contributed by atoms with Gasteiger partial charge in [0.1, 0.15) is 0 Å². The predicted octanol–water partition coefficient (Wildman–Crippen LogP) is 3.07. The average Bonchev–Trinajstić information content (AvgIpc) is 3.44. The number of carbonyl (C=O) groups is 2. The molecule has 192 valence electrons. The minimum absolute atomic E-state index is 0.0186. The lowest BCUT2D eigenvalue weighted by Crippen LogP contribution is -2.44. The van der Waals surface area contributed by atoms with E-state index in [1.807, 2.05) is 18.2 Å². The van der Waals surface area contributed by atoms with Crippen LogP contribution in [0.4, 0.5) is 11.4 Å². The first-order chi connectivity index (χ1) is 17.9. The summed E-state index contributed by atoms with van der Waals surface area (Å²) in [5.74, 6) is -1.26. The Hall–Kier alpha value is -4.08. The maximum atomic E-state index is 13.5. The van der Waals surface area contributed by atoms with Crippen LogP contribution in [0.15, 0.2) is 79.5 Å². The van der Waals surface area contributed by atoms with Crippen LogP contribution in [0.3, 0.4) is 0 Å². The molecule has 3 N–H and O–H groups in total. The number of rotatable bonds is 11. The van der Waals surface area contributed by atoms with Crippen molar-refractivity contribution in [3.63, 3.8) is 0 Å². The summed E-state index contributed by atoms with van der Waals surface area (Å²) in [6.45, 7) is 6.38. The molecule has 37 heavy (non-hydrogen) atoms. The molecule has 0 saturated carbocycles. The van der Waals surface area contributed by atoms with Crippen molar-refractivity contribution in [2.45, 2.75) is 31.9 Å². The Kier molecular flexibility index (Phi) is 7.95. The molecule has 1 aromatic heterocycles. The topological polar surface area (TPSA) is 121 Å². The highest BCUT2D eigenvalue weighted by Crippen LogP contribution is 2.46. The van der Waals surface area contributed by atoms with Gasteiger partial charge < -0.3 is 20.4 Å². The van der Waals surface area contributed by atoms with Crippen LogP contribution in [0.1, 0.15) is 35.0 Å². The highest BCUT2D eigenvalue weighted by Gasteiger charge is 2.52. The van der Waals surface area contributed by atoms with Gasteiger partial charge in [-0.15, -0.1) is 11.7 Å². The van der Waals surface area contributed by atoms with Gasteiger partial charge in [-0.05, 0) is 36.8 Å². The molecule has 0 radical (unpaired) electrons. The first-order valence-electron chi connectivity index (χ1n) is 12.2. The molecule has 9 nitrogen and oxygen atoms in total. The van der Waals surface area contributed by atoms with Crippen LogP contribution in [0.2, 0.25) is 0 Å². The minimum atomic E-state index is -1.80. The number of amides is 2. The number of aliphatic hydroxyl groups excluding tert-OH is 1. The molecule has 0 unspecified atom stereocenters. The van der Waals surface area contributed by atoms with Gasteiger partial charge in [0.25, 0.3) is 11.8 Å². The second kappa shape index (κ2) is 11.3. The Balaban J connectivity index is 1.54. The Labute approximate surface area is 215 Å². The zero-order valence-electron chi connectivity index (χ0n) is 20.7. The number of aromatic nitrogens is 3. The SMILES string of the molecule is C=CCN1C(=O)[C@](O)([C@H](C)/C=C/CCn2cc(CCO)nn2)c2cc(NC(=O)c3ccccc3)ccc21. The Morgan fingerprint density at radius 1 is 1.24 bits per heavy atom. The number of benzene rings is 2. The van der Waals surface area contributed by atoms with Crippen molar-refractivity contribution in [3.05, 3.63) is 96.4 Å². The molecule has 0 aliphatic carbocycles. The van der Waals surface area contributed by atoms with Gasteiger partial charge in [0.15, 0.2) is 5.60 Å². The van der Waals surface area contributed by atoms with Gasteiger partial charge in [-0.2, -0.15) is 0 Å². The fraction of sp³-hybridized carbons (Fsp3) is 0.286. The monoisotopic (exact) mass is 501 g/mol. The molecule has 4 rings (SSSR count). The van der Waals surface area contributed by atoms with Gasteiger partial charge in [0, 0.05) is 55.0 Å². The smallest absolute Gasteiger partial charge is 0.264 e. The lowest BCUT2D eigenvalue weighted by Gasteiger charge is -2.27. The van der Waals surface area contributed by atoms with Gasteiger partial charge in [-0.25, -0.2) is 0 Å². The third-order valence-corrected chi connectivity index (χ3v) is 6.44. The molecule has 2 atom stereocenters. The summed E-state index contributed by atoms with van der Waals surface area (Å²) in [5.41, 5.74) is 0.940. The van der Waals surface area contributed by atoms with Crippen LogP contribution >= 0.6 is 0 Å². The molecule has 2 amide bonds. The number of carbonyl (C=O) groups excluding carboxylic acids is 2. The number of fused-ring (bicyclic) bond motifs is 1. The van der Waals surface area contributed by atoms with Crippen LogP contribution in [0.25, 0.3) is 0 Å². The fourth-order valence-electron chi connectivity index (χ4n) is 4.45. The Bertz CT molecular complexity index is 1300. The van der Waals surface area contributed by atoms with E-state index in [0.29, 0.717) is 41.9 Å². The number of hydrogen-bond acceptors (Lipinski definition) is 6. The molecule has 2 aromatic carbocycles. The number of aliphatic hydroxyl groups is 2. The maximum Gasteiger partial charge on any atom is 0.264 e. The summed E-state index contributed by atoms with van der Waals surface area (Å²) in [7, 11) is 0. The van der Waals surface area contributed by atoms with Crippen molar-refractivity contribution in [1.29, 1.82) is 0 Å². The molecule has 1 aliphatic heterocycles. The molecular weight excluding hydrogens is 470 g/mol. The number of allylic oxidation sites excluding steroid dienone is 1. The Morgan fingerprint density at radius 3 is 2.76 bits per heavy atom. The van der Waals surface area contributed by atoms with Crippen LogP contribution < -0.4 is 10.2 Å².